The highest BCUT2D eigenvalue weighted by molar-refractivity contribution is 7.16. The molecule has 0 bridgehead atoms. The van der Waals surface area contributed by atoms with Crippen molar-refractivity contribution in [2.45, 2.75) is 13.3 Å². The third-order valence-electron chi connectivity index (χ3n) is 2.21. The van der Waals surface area contributed by atoms with Gasteiger partial charge < -0.3 is 5.73 Å². The van der Waals surface area contributed by atoms with Crippen molar-refractivity contribution in [3.05, 3.63) is 34.4 Å². The van der Waals surface area contributed by atoms with E-state index in [0.29, 0.717) is 0 Å². The molecule has 15 heavy (non-hydrogen) atoms. The number of rotatable bonds is 2. The maximum absolute atomic E-state index is 6.12. The second-order valence-corrected chi connectivity index (χ2v) is 4.77. The Morgan fingerprint density at radius 3 is 2.93 bits per heavy atom. The molecule has 0 aliphatic rings. The highest BCUT2D eigenvalue weighted by Gasteiger charge is 2.10. The number of nitrogens with zero attached hydrogens (tertiary/aromatic N) is 1. The van der Waals surface area contributed by atoms with Gasteiger partial charge in [-0.3, -0.25) is 4.98 Å². The summed E-state index contributed by atoms with van der Waals surface area (Å²) in [6.07, 6.45) is 4.43. The van der Waals surface area contributed by atoms with Gasteiger partial charge in [0.15, 0.2) is 0 Å². The summed E-state index contributed by atoms with van der Waals surface area (Å²) in [5.74, 6) is 0. The molecule has 0 amide bonds. The number of aromatic nitrogens is 1. The van der Waals surface area contributed by atoms with Gasteiger partial charge >= 0.3 is 0 Å². The molecule has 0 atom stereocenters. The summed E-state index contributed by atoms with van der Waals surface area (Å²) in [6.45, 7) is 2.11. The van der Waals surface area contributed by atoms with Crippen LogP contribution in [0.15, 0.2) is 24.5 Å². The summed E-state index contributed by atoms with van der Waals surface area (Å²) >= 11 is 7.73. The zero-order valence-electron chi connectivity index (χ0n) is 8.33. The fourth-order valence-electron chi connectivity index (χ4n) is 1.52. The van der Waals surface area contributed by atoms with E-state index in [0.717, 1.165) is 27.6 Å². The number of aryl methyl sites for hydroxylation is 1. The van der Waals surface area contributed by atoms with Crippen LogP contribution in [0.4, 0.5) is 5.00 Å². The van der Waals surface area contributed by atoms with Crippen LogP contribution in [0.25, 0.3) is 11.1 Å². The number of hydrogen-bond donors (Lipinski definition) is 1. The number of hydrogen-bond acceptors (Lipinski definition) is 3. The molecule has 0 aromatic carbocycles. The van der Waals surface area contributed by atoms with Crippen LogP contribution in [-0.4, -0.2) is 4.98 Å². The van der Waals surface area contributed by atoms with Gasteiger partial charge in [0.25, 0.3) is 0 Å². The van der Waals surface area contributed by atoms with Crippen molar-refractivity contribution in [3.63, 3.8) is 0 Å². The molecular formula is C11H11ClN2S. The summed E-state index contributed by atoms with van der Waals surface area (Å²) in [6, 6.07) is 3.76. The Kier molecular flexibility index (Phi) is 2.93. The first-order chi connectivity index (χ1) is 7.22. The number of anilines is 1. The number of thiophene rings is 1. The Labute approximate surface area is 97.7 Å². The molecule has 0 spiro atoms. The normalized spacial score (nSPS) is 10.5. The lowest BCUT2D eigenvalue weighted by Gasteiger charge is -2.02. The van der Waals surface area contributed by atoms with E-state index in [4.69, 9.17) is 17.3 Å². The topological polar surface area (TPSA) is 38.9 Å². The fourth-order valence-corrected chi connectivity index (χ4v) is 2.61. The van der Waals surface area contributed by atoms with Gasteiger partial charge in [-0.05, 0) is 18.6 Å². The van der Waals surface area contributed by atoms with Crippen LogP contribution in [0.5, 0.6) is 0 Å². The van der Waals surface area contributed by atoms with Gasteiger partial charge in [0.1, 0.15) is 0 Å². The molecule has 0 aliphatic carbocycles. The molecule has 2 rings (SSSR count). The molecule has 4 heteroatoms. The minimum atomic E-state index is 0.720. The zero-order chi connectivity index (χ0) is 10.8. The molecule has 2 aromatic rings. The molecule has 0 fully saturated rings. The van der Waals surface area contributed by atoms with E-state index in [1.165, 1.54) is 4.88 Å². The van der Waals surface area contributed by atoms with Crippen LogP contribution in [0.3, 0.4) is 0 Å². The summed E-state index contributed by atoms with van der Waals surface area (Å²) in [4.78, 5) is 5.34. The lowest BCUT2D eigenvalue weighted by Crippen LogP contribution is -1.83. The van der Waals surface area contributed by atoms with Crippen molar-refractivity contribution in [2.24, 2.45) is 0 Å². The quantitative estimate of drug-likeness (QED) is 0.868. The highest BCUT2D eigenvalue weighted by Crippen LogP contribution is 2.36. The van der Waals surface area contributed by atoms with Crippen molar-refractivity contribution in [1.29, 1.82) is 0 Å². The smallest absolute Gasteiger partial charge is 0.0865 e. The van der Waals surface area contributed by atoms with Crippen molar-refractivity contribution in [2.75, 3.05) is 5.73 Å². The van der Waals surface area contributed by atoms with E-state index in [2.05, 4.69) is 11.9 Å². The Balaban J connectivity index is 2.58. The van der Waals surface area contributed by atoms with E-state index in [9.17, 15) is 0 Å². The summed E-state index contributed by atoms with van der Waals surface area (Å²) in [5, 5.41) is 1.54. The van der Waals surface area contributed by atoms with Crippen molar-refractivity contribution in [3.8, 4) is 11.1 Å². The molecule has 0 radical (unpaired) electrons. The second kappa shape index (κ2) is 4.21. The summed E-state index contributed by atoms with van der Waals surface area (Å²) in [7, 11) is 0. The molecule has 2 nitrogen and oxygen atoms in total. The standard InChI is InChI=1S/C11H11ClN2S/c1-2-10-7(5-11(13)15-10)8-6-14-4-3-9(8)12/h3-6H,2,13H2,1H3. The van der Waals surface area contributed by atoms with Gasteiger partial charge in [-0.2, -0.15) is 0 Å². The Hall–Kier alpha value is -1.06. The molecule has 0 saturated carbocycles. The predicted octanol–water partition coefficient (Wildman–Crippen LogP) is 3.61. The predicted molar refractivity (Wildman–Crippen MR) is 66.4 cm³/mol. The molecule has 2 aromatic heterocycles. The average molecular weight is 239 g/mol. The second-order valence-electron chi connectivity index (χ2n) is 3.19. The van der Waals surface area contributed by atoms with Crippen molar-refractivity contribution >= 4 is 27.9 Å². The first-order valence-corrected chi connectivity index (χ1v) is 5.90. The largest absolute Gasteiger partial charge is 0.391 e. The first kappa shape index (κ1) is 10.5. The van der Waals surface area contributed by atoms with Crippen LogP contribution in [0.1, 0.15) is 11.8 Å². The SMILES string of the molecule is CCc1sc(N)cc1-c1cnccc1Cl. The molecule has 0 saturated heterocycles. The van der Waals surface area contributed by atoms with Crippen LogP contribution in [0, 0.1) is 0 Å². The molecule has 0 aliphatic heterocycles. The highest BCUT2D eigenvalue weighted by atomic mass is 35.5. The van der Waals surface area contributed by atoms with Gasteiger partial charge in [0, 0.05) is 28.4 Å². The summed E-state index contributed by atoms with van der Waals surface area (Å²) < 4.78 is 0. The summed E-state index contributed by atoms with van der Waals surface area (Å²) in [5.41, 5.74) is 7.87. The minimum Gasteiger partial charge on any atom is -0.391 e. The third-order valence-corrected chi connectivity index (χ3v) is 3.65. The molecule has 0 unspecified atom stereocenters. The van der Waals surface area contributed by atoms with Crippen LogP contribution in [0.2, 0.25) is 5.02 Å². The van der Waals surface area contributed by atoms with Crippen molar-refractivity contribution < 1.29 is 0 Å². The monoisotopic (exact) mass is 238 g/mol. The first-order valence-electron chi connectivity index (χ1n) is 4.70. The zero-order valence-corrected chi connectivity index (χ0v) is 9.90. The van der Waals surface area contributed by atoms with Gasteiger partial charge in [0.05, 0.1) is 10.0 Å². The lowest BCUT2D eigenvalue weighted by atomic mass is 10.1. The van der Waals surface area contributed by atoms with Crippen molar-refractivity contribution in [1.82, 2.24) is 4.98 Å². The molecule has 78 valence electrons. The maximum atomic E-state index is 6.12. The Morgan fingerprint density at radius 2 is 2.27 bits per heavy atom. The van der Waals surface area contributed by atoms with E-state index < -0.39 is 0 Å². The number of nitrogens with two attached hydrogens (primary N) is 1. The van der Waals surface area contributed by atoms with Crippen LogP contribution in [-0.2, 0) is 6.42 Å². The lowest BCUT2D eigenvalue weighted by molar-refractivity contribution is 1.18. The number of nitrogen functional groups attached to an aromatic ring is 1. The van der Waals surface area contributed by atoms with Crippen LogP contribution >= 0.6 is 22.9 Å². The maximum Gasteiger partial charge on any atom is 0.0865 e. The molecule has 2 N–H and O–H groups in total. The molecular weight excluding hydrogens is 228 g/mol. The molecule has 2 heterocycles. The fraction of sp³-hybridized carbons (Fsp3) is 0.182. The number of halogens is 1. The average Bonchev–Trinajstić information content (AvgIpc) is 2.60. The Morgan fingerprint density at radius 1 is 1.47 bits per heavy atom. The third kappa shape index (κ3) is 1.98. The van der Waals surface area contributed by atoms with Gasteiger partial charge in [0.2, 0.25) is 0 Å². The van der Waals surface area contributed by atoms with Gasteiger partial charge in [-0.1, -0.05) is 18.5 Å². The van der Waals surface area contributed by atoms with E-state index in [1.807, 2.05) is 6.07 Å². The Bertz CT molecular complexity index is 479. The van der Waals surface area contributed by atoms with E-state index in [1.54, 1.807) is 29.8 Å². The van der Waals surface area contributed by atoms with E-state index in [-0.39, 0.29) is 0 Å². The minimum absolute atomic E-state index is 0.720. The van der Waals surface area contributed by atoms with E-state index >= 15 is 0 Å². The van der Waals surface area contributed by atoms with Gasteiger partial charge in [-0.15, -0.1) is 11.3 Å². The van der Waals surface area contributed by atoms with Gasteiger partial charge in [-0.25, -0.2) is 0 Å². The van der Waals surface area contributed by atoms with Crippen LogP contribution < -0.4 is 5.73 Å². The number of pyridine rings is 1.